The van der Waals surface area contributed by atoms with Crippen molar-refractivity contribution in [3.8, 4) is 18.4 Å². The number of halogens is 1. The van der Waals surface area contributed by atoms with E-state index in [-0.39, 0.29) is 5.56 Å². The summed E-state index contributed by atoms with van der Waals surface area (Å²) in [5.74, 6) is 2.15. The van der Waals surface area contributed by atoms with Crippen molar-refractivity contribution in [3.05, 3.63) is 35.1 Å². The molecule has 1 aromatic rings. The van der Waals surface area contributed by atoms with Crippen molar-refractivity contribution in [2.45, 2.75) is 25.8 Å². The van der Waals surface area contributed by atoms with Crippen LogP contribution < -0.4 is 5.32 Å². The van der Waals surface area contributed by atoms with Crippen molar-refractivity contribution in [3.63, 3.8) is 0 Å². The van der Waals surface area contributed by atoms with Gasteiger partial charge in [-0.15, -0.1) is 12.3 Å². The fourth-order valence-electron chi connectivity index (χ4n) is 1.50. The molecule has 0 unspecified atom stereocenters. The third-order valence-corrected chi connectivity index (χ3v) is 2.44. The fourth-order valence-corrected chi connectivity index (χ4v) is 1.50. The van der Waals surface area contributed by atoms with Gasteiger partial charge in [-0.1, -0.05) is 12.1 Å². The molecule has 0 amide bonds. The highest BCUT2D eigenvalue weighted by Crippen LogP contribution is 2.11. The molecule has 0 aromatic heterocycles. The lowest BCUT2D eigenvalue weighted by molar-refractivity contribution is 0.575. The van der Waals surface area contributed by atoms with Crippen LogP contribution in [-0.4, -0.2) is 6.54 Å². The van der Waals surface area contributed by atoms with Gasteiger partial charge >= 0.3 is 0 Å². The molecular formula is C14H15FN2. The molecule has 0 fully saturated rings. The molecular weight excluding hydrogens is 215 g/mol. The van der Waals surface area contributed by atoms with E-state index in [4.69, 9.17) is 11.7 Å². The van der Waals surface area contributed by atoms with E-state index >= 15 is 0 Å². The molecule has 0 aliphatic carbocycles. The Morgan fingerprint density at radius 1 is 1.35 bits per heavy atom. The molecule has 0 atom stereocenters. The quantitative estimate of drug-likeness (QED) is 0.602. The molecule has 1 N–H and O–H groups in total. The Morgan fingerprint density at radius 2 is 2.18 bits per heavy atom. The van der Waals surface area contributed by atoms with Crippen LogP contribution in [0.4, 0.5) is 4.39 Å². The third kappa shape index (κ3) is 4.26. The van der Waals surface area contributed by atoms with Crippen molar-refractivity contribution >= 4 is 0 Å². The van der Waals surface area contributed by atoms with Crippen molar-refractivity contribution in [2.75, 3.05) is 6.54 Å². The van der Waals surface area contributed by atoms with Gasteiger partial charge in [-0.3, -0.25) is 0 Å². The molecule has 88 valence electrons. The summed E-state index contributed by atoms with van der Waals surface area (Å²) in [4.78, 5) is 0. The number of nitrogens with zero attached hydrogens (tertiary/aromatic N) is 1. The highest BCUT2D eigenvalue weighted by Gasteiger charge is 2.06. The number of terminal acetylenes is 1. The maximum Gasteiger partial charge on any atom is 0.145 e. The van der Waals surface area contributed by atoms with E-state index in [0.717, 1.165) is 25.8 Å². The lowest BCUT2D eigenvalue weighted by atomic mass is 10.1. The van der Waals surface area contributed by atoms with Gasteiger partial charge < -0.3 is 5.32 Å². The minimum Gasteiger partial charge on any atom is -0.313 e. The van der Waals surface area contributed by atoms with Gasteiger partial charge in [0.05, 0.1) is 5.56 Å². The number of nitrogens with one attached hydrogen (secondary N) is 1. The second-order valence-corrected chi connectivity index (χ2v) is 3.73. The standard InChI is InChI=1S/C14H15FN2/c1-2-3-4-5-9-17-11-13-8-6-7-12(10-16)14(13)15/h1,6-8,17H,3-5,9,11H2. The minimum absolute atomic E-state index is 0.0941. The van der Waals surface area contributed by atoms with Gasteiger partial charge in [0, 0.05) is 18.5 Å². The van der Waals surface area contributed by atoms with Crippen LogP contribution in [0.25, 0.3) is 0 Å². The predicted molar refractivity (Wildman–Crippen MR) is 65.5 cm³/mol. The molecule has 0 spiro atoms. The van der Waals surface area contributed by atoms with Crippen LogP contribution in [-0.2, 0) is 6.54 Å². The Morgan fingerprint density at radius 3 is 2.88 bits per heavy atom. The van der Waals surface area contributed by atoms with Gasteiger partial charge in [-0.25, -0.2) is 4.39 Å². The first-order valence-corrected chi connectivity index (χ1v) is 5.61. The maximum absolute atomic E-state index is 13.6. The number of benzene rings is 1. The molecule has 3 heteroatoms. The Labute approximate surface area is 101 Å². The molecule has 0 bridgehead atoms. The Hall–Kier alpha value is -1.84. The highest BCUT2D eigenvalue weighted by molar-refractivity contribution is 5.34. The van der Waals surface area contributed by atoms with E-state index in [1.807, 2.05) is 6.07 Å². The second-order valence-electron chi connectivity index (χ2n) is 3.73. The minimum atomic E-state index is -0.425. The molecule has 0 saturated heterocycles. The molecule has 1 aromatic carbocycles. The SMILES string of the molecule is C#CCCCCNCc1cccc(C#N)c1F. The average molecular weight is 230 g/mol. The highest BCUT2D eigenvalue weighted by atomic mass is 19.1. The topological polar surface area (TPSA) is 35.8 Å². The number of rotatable bonds is 6. The van der Waals surface area contributed by atoms with Gasteiger partial charge in [0.15, 0.2) is 0 Å². The first kappa shape index (κ1) is 13.2. The average Bonchev–Trinajstić information content (AvgIpc) is 2.35. The Kier molecular flexibility index (Phi) is 5.79. The van der Waals surface area contributed by atoms with Crippen molar-refractivity contribution in [1.82, 2.24) is 5.32 Å². The summed E-state index contributed by atoms with van der Waals surface area (Å²) in [5, 5.41) is 11.8. The summed E-state index contributed by atoms with van der Waals surface area (Å²) < 4.78 is 13.6. The Balaban J connectivity index is 2.38. The number of hydrogen-bond donors (Lipinski definition) is 1. The van der Waals surface area contributed by atoms with Gasteiger partial charge in [0.25, 0.3) is 0 Å². The smallest absolute Gasteiger partial charge is 0.145 e. The molecule has 17 heavy (non-hydrogen) atoms. The molecule has 0 radical (unpaired) electrons. The zero-order valence-electron chi connectivity index (χ0n) is 9.67. The molecule has 0 heterocycles. The number of unbranched alkanes of at least 4 members (excludes halogenated alkanes) is 2. The second kappa shape index (κ2) is 7.44. The van der Waals surface area contributed by atoms with Gasteiger partial charge in [-0.05, 0) is 25.5 Å². The van der Waals surface area contributed by atoms with Crippen molar-refractivity contribution < 1.29 is 4.39 Å². The normalized spacial score (nSPS) is 9.59. The lowest BCUT2D eigenvalue weighted by Gasteiger charge is -2.06. The summed E-state index contributed by atoms with van der Waals surface area (Å²) in [6.07, 6.45) is 7.87. The van der Waals surface area contributed by atoms with Crippen LogP contribution in [0.15, 0.2) is 18.2 Å². The number of hydrogen-bond acceptors (Lipinski definition) is 2. The maximum atomic E-state index is 13.6. The van der Waals surface area contributed by atoms with Gasteiger partial charge in [-0.2, -0.15) is 5.26 Å². The predicted octanol–water partition coefficient (Wildman–Crippen LogP) is 2.59. The summed E-state index contributed by atoms with van der Waals surface area (Å²) in [7, 11) is 0. The van der Waals surface area contributed by atoms with Crippen LogP contribution in [0.2, 0.25) is 0 Å². The third-order valence-electron chi connectivity index (χ3n) is 2.44. The van der Waals surface area contributed by atoms with E-state index in [0.29, 0.717) is 12.1 Å². The monoisotopic (exact) mass is 230 g/mol. The summed E-state index contributed by atoms with van der Waals surface area (Å²) in [6.45, 7) is 1.25. The van der Waals surface area contributed by atoms with E-state index in [1.165, 1.54) is 6.07 Å². The fraction of sp³-hybridized carbons (Fsp3) is 0.357. The largest absolute Gasteiger partial charge is 0.313 e. The molecule has 1 rings (SSSR count). The zero-order valence-corrected chi connectivity index (χ0v) is 9.67. The van der Waals surface area contributed by atoms with Crippen LogP contribution in [0.5, 0.6) is 0 Å². The molecule has 2 nitrogen and oxygen atoms in total. The Bertz CT molecular complexity index is 441. The van der Waals surface area contributed by atoms with E-state index in [1.54, 1.807) is 12.1 Å². The van der Waals surface area contributed by atoms with Crippen LogP contribution in [0, 0.1) is 29.5 Å². The van der Waals surface area contributed by atoms with Crippen LogP contribution >= 0.6 is 0 Å². The molecule has 0 saturated carbocycles. The lowest BCUT2D eigenvalue weighted by Crippen LogP contribution is -2.15. The summed E-state index contributed by atoms with van der Waals surface area (Å²) >= 11 is 0. The van der Waals surface area contributed by atoms with Crippen LogP contribution in [0.1, 0.15) is 30.4 Å². The molecule has 0 aliphatic heterocycles. The molecule has 0 aliphatic rings. The summed E-state index contributed by atoms with van der Waals surface area (Å²) in [5.41, 5.74) is 0.623. The van der Waals surface area contributed by atoms with E-state index in [9.17, 15) is 4.39 Å². The van der Waals surface area contributed by atoms with E-state index < -0.39 is 5.82 Å². The van der Waals surface area contributed by atoms with Gasteiger partial charge in [0.1, 0.15) is 11.9 Å². The van der Waals surface area contributed by atoms with Crippen molar-refractivity contribution in [2.24, 2.45) is 0 Å². The van der Waals surface area contributed by atoms with Gasteiger partial charge in [0.2, 0.25) is 0 Å². The van der Waals surface area contributed by atoms with Crippen molar-refractivity contribution in [1.29, 1.82) is 5.26 Å². The first-order valence-electron chi connectivity index (χ1n) is 5.61. The zero-order chi connectivity index (χ0) is 12.5. The first-order chi connectivity index (χ1) is 8.29. The van der Waals surface area contributed by atoms with E-state index in [2.05, 4.69) is 11.2 Å². The summed E-state index contributed by atoms with van der Waals surface area (Å²) in [6, 6.07) is 6.68. The number of nitriles is 1. The van der Waals surface area contributed by atoms with Crippen LogP contribution in [0.3, 0.4) is 0 Å².